The van der Waals surface area contributed by atoms with Gasteiger partial charge in [0.25, 0.3) is 0 Å². The lowest BCUT2D eigenvalue weighted by molar-refractivity contribution is 0.0635. The Balaban J connectivity index is 2.39. The number of pyridine rings is 1. The smallest absolute Gasteiger partial charge is 0.413 e. The number of para-hydroxylation sites is 1. The number of amides is 1. The van der Waals surface area contributed by atoms with Crippen molar-refractivity contribution in [2.24, 2.45) is 0 Å². The molecule has 6 nitrogen and oxygen atoms in total. The van der Waals surface area contributed by atoms with Crippen LogP contribution in [0.3, 0.4) is 0 Å². The number of carboxylic acids is 1. The molecule has 0 saturated heterocycles. The highest BCUT2D eigenvalue weighted by Crippen LogP contribution is 2.21. The number of hydrogen-bond donors (Lipinski definition) is 2. The van der Waals surface area contributed by atoms with Crippen LogP contribution >= 0.6 is 0 Å². The summed E-state index contributed by atoms with van der Waals surface area (Å²) < 4.78 is 5.11. The minimum Gasteiger partial charge on any atom is -0.478 e. The average molecular weight is 288 g/mol. The number of hydrogen-bond acceptors (Lipinski definition) is 4. The first-order valence-corrected chi connectivity index (χ1v) is 6.39. The van der Waals surface area contributed by atoms with Crippen LogP contribution in [0.1, 0.15) is 31.1 Å². The standard InChI is InChI=1S/C15H16N2O4/c1-15(2,3)21-14(20)17-12-10(13(18)19)8-9-6-4-5-7-11(9)16-12/h4-8H,1-3H3,(H,18,19)(H,16,17,20). The fourth-order valence-corrected chi connectivity index (χ4v) is 1.77. The van der Waals surface area contributed by atoms with Crippen molar-refractivity contribution in [3.8, 4) is 0 Å². The minimum atomic E-state index is -1.17. The van der Waals surface area contributed by atoms with Gasteiger partial charge in [-0.25, -0.2) is 14.6 Å². The summed E-state index contributed by atoms with van der Waals surface area (Å²) in [6.45, 7) is 5.16. The molecule has 21 heavy (non-hydrogen) atoms. The zero-order chi connectivity index (χ0) is 15.6. The largest absolute Gasteiger partial charge is 0.478 e. The fourth-order valence-electron chi connectivity index (χ4n) is 1.77. The minimum absolute atomic E-state index is 0.0320. The van der Waals surface area contributed by atoms with E-state index in [-0.39, 0.29) is 11.4 Å². The van der Waals surface area contributed by atoms with Gasteiger partial charge in [-0.15, -0.1) is 0 Å². The van der Waals surface area contributed by atoms with Crippen LogP contribution in [0.5, 0.6) is 0 Å². The van der Waals surface area contributed by atoms with Crippen molar-refractivity contribution in [3.05, 3.63) is 35.9 Å². The molecule has 1 aromatic heterocycles. The van der Waals surface area contributed by atoms with Gasteiger partial charge in [0.05, 0.1) is 5.52 Å². The third kappa shape index (κ3) is 3.68. The number of carbonyl (C=O) groups excluding carboxylic acids is 1. The van der Waals surface area contributed by atoms with Gasteiger partial charge in [-0.3, -0.25) is 5.32 Å². The number of nitrogens with zero attached hydrogens (tertiary/aromatic N) is 1. The molecule has 6 heteroatoms. The van der Waals surface area contributed by atoms with Gasteiger partial charge in [-0.2, -0.15) is 0 Å². The zero-order valence-electron chi connectivity index (χ0n) is 12.0. The summed E-state index contributed by atoms with van der Waals surface area (Å²) in [5, 5.41) is 12.3. The second-order valence-electron chi connectivity index (χ2n) is 5.51. The Bertz CT molecular complexity index is 704. The topological polar surface area (TPSA) is 88.5 Å². The fraction of sp³-hybridized carbons (Fsp3) is 0.267. The zero-order valence-corrected chi connectivity index (χ0v) is 12.0. The summed E-state index contributed by atoms with van der Waals surface area (Å²) in [7, 11) is 0. The molecule has 110 valence electrons. The third-order valence-electron chi connectivity index (χ3n) is 2.57. The number of carbonyl (C=O) groups is 2. The summed E-state index contributed by atoms with van der Waals surface area (Å²) in [4.78, 5) is 27.2. The number of nitrogens with one attached hydrogen (secondary N) is 1. The van der Waals surface area contributed by atoms with E-state index in [9.17, 15) is 14.7 Å². The normalized spacial score (nSPS) is 11.2. The first-order valence-electron chi connectivity index (χ1n) is 6.39. The van der Waals surface area contributed by atoms with Crippen molar-refractivity contribution in [2.75, 3.05) is 5.32 Å². The Hall–Kier alpha value is -2.63. The molecule has 0 atom stereocenters. The van der Waals surface area contributed by atoms with Gasteiger partial charge in [-0.1, -0.05) is 18.2 Å². The first kappa shape index (κ1) is 14.8. The van der Waals surface area contributed by atoms with Crippen molar-refractivity contribution >= 4 is 28.8 Å². The predicted molar refractivity (Wildman–Crippen MR) is 78.6 cm³/mol. The highest BCUT2D eigenvalue weighted by Gasteiger charge is 2.20. The quantitative estimate of drug-likeness (QED) is 0.885. The number of ether oxygens (including phenoxy) is 1. The predicted octanol–water partition coefficient (Wildman–Crippen LogP) is 3.28. The number of rotatable bonds is 2. The monoisotopic (exact) mass is 288 g/mol. The number of fused-ring (bicyclic) bond motifs is 1. The van der Waals surface area contributed by atoms with Crippen LogP contribution < -0.4 is 5.32 Å². The van der Waals surface area contributed by atoms with Gasteiger partial charge in [-0.05, 0) is 32.9 Å². The first-order chi connectivity index (χ1) is 9.76. The molecule has 2 aromatic rings. The van der Waals surface area contributed by atoms with Gasteiger partial charge in [0.15, 0.2) is 5.82 Å². The van der Waals surface area contributed by atoms with Gasteiger partial charge in [0.1, 0.15) is 11.2 Å². The molecule has 2 rings (SSSR count). The molecule has 0 aliphatic rings. The molecule has 1 amide bonds. The SMILES string of the molecule is CC(C)(C)OC(=O)Nc1nc2ccccc2cc1C(=O)O. The Morgan fingerprint density at radius 2 is 1.90 bits per heavy atom. The molecule has 0 fully saturated rings. The second-order valence-corrected chi connectivity index (χ2v) is 5.51. The van der Waals surface area contributed by atoms with Gasteiger partial charge < -0.3 is 9.84 Å². The number of aromatic nitrogens is 1. The molecule has 0 unspecified atom stereocenters. The number of benzene rings is 1. The highest BCUT2D eigenvalue weighted by molar-refractivity contribution is 6.01. The average Bonchev–Trinajstić information content (AvgIpc) is 2.35. The third-order valence-corrected chi connectivity index (χ3v) is 2.57. The van der Waals surface area contributed by atoms with Crippen LogP contribution in [-0.2, 0) is 4.74 Å². The van der Waals surface area contributed by atoms with E-state index in [2.05, 4.69) is 10.3 Å². The molecule has 0 aliphatic heterocycles. The Morgan fingerprint density at radius 1 is 1.24 bits per heavy atom. The van der Waals surface area contributed by atoms with E-state index in [1.807, 2.05) is 0 Å². The van der Waals surface area contributed by atoms with Crippen LogP contribution in [0.15, 0.2) is 30.3 Å². The summed E-state index contributed by atoms with van der Waals surface area (Å²) in [5.74, 6) is -1.20. The van der Waals surface area contributed by atoms with Crippen LogP contribution in [0.25, 0.3) is 10.9 Å². The molecule has 1 aromatic carbocycles. The lowest BCUT2D eigenvalue weighted by Gasteiger charge is -2.19. The number of aromatic carboxylic acids is 1. The van der Waals surface area contributed by atoms with Crippen molar-refractivity contribution in [1.29, 1.82) is 0 Å². The second kappa shape index (κ2) is 5.40. The van der Waals surface area contributed by atoms with E-state index < -0.39 is 17.7 Å². The molecule has 0 saturated carbocycles. The van der Waals surface area contributed by atoms with E-state index in [1.165, 1.54) is 6.07 Å². The molecule has 0 spiro atoms. The number of carboxylic acid groups (broad SMARTS) is 1. The summed E-state index contributed by atoms with van der Waals surface area (Å²) >= 11 is 0. The molecule has 2 N–H and O–H groups in total. The van der Waals surface area contributed by atoms with Crippen molar-refractivity contribution in [3.63, 3.8) is 0 Å². The molecular weight excluding hydrogens is 272 g/mol. The molecule has 0 aliphatic carbocycles. The van der Waals surface area contributed by atoms with Crippen molar-refractivity contribution in [2.45, 2.75) is 26.4 Å². The summed E-state index contributed by atoms with van der Waals surface area (Å²) in [5.41, 5.74) is -0.169. The van der Waals surface area contributed by atoms with E-state index in [1.54, 1.807) is 45.0 Å². The van der Waals surface area contributed by atoms with E-state index in [0.29, 0.717) is 10.9 Å². The van der Waals surface area contributed by atoms with E-state index in [0.717, 1.165) is 0 Å². The molecule has 0 radical (unpaired) electrons. The van der Waals surface area contributed by atoms with Crippen LogP contribution in [0.4, 0.5) is 10.6 Å². The lowest BCUT2D eigenvalue weighted by atomic mass is 10.1. The van der Waals surface area contributed by atoms with Gasteiger partial charge in [0, 0.05) is 5.39 Å². The van der Waals surface area contributed by atoms with Gasteiger partial charge in [0.2, 0.25) is 0 Å². The van der Waals surface area contributed by atoms with Crippen molar-refractivity contribution < 1.29 is 19.4 Å². The summed E-state index contributed by atoms with van der Waals surface area (Å²) in [6, 6.07) is 8.54. The molecule has 0 bridgehead atoms. The number of anilines is 1. The van der Waals surface area contributed by atoms with Gasteiger partial charge >= 0.3 is 12.1 Å². The Kier molecular flexibility index (Phi) is 3.80. The Morgan fingerprint density at radius 3 is 2.52 bits per heavy atom. The van der Waals surface area contributed by atoms with E-state index in [4.69, 9.17) is 4.74 Å². The maximum Gasteiger partial charge on any atom is 0.413 e. The maximum absolute atomic E-state index is 11.8. The highest BCUT2D eigenvalue weighted by atomic mass is 16.6. The maximum atomic E-state index is 11.8. The summed E-state index contributed by atoms with van der Waals surface area (Å²) in [6.07, 6.45) is -0.743. The molecule has 1 heterocycles. The van der Waals surface area contributed by atoms with Crippen LogP contribution in [-0.4, -0.2) is 27.8 Å². The van der Waals surface area contributed by atoms with Crippen LogP contribution in [0.2, 0.25) is 0 Å². The Labute approximate surface area is 121 Å². The van der Waals surface area contributed by atoms with E-state index >= 15 is 0 Å². The van der Waals surface area contributed by atoms with Crippen molar-refractivity contribution in [1.82, 2.24) is 4.98 Å². The molecular formula is C15H16N2O4. The lowest BCUT2D eigenvalue weighted by Crippen LogP contribution is -2.28. The van der Waals surface area contributed by atoms with Crippen LogP contribution in [0, 0.1) is 0 Å².